The third-order valence-corrected chi connectivity index (χ3v) is 16.8. The van der Waals surface area contributed by atoms with E-state index in [0.717, 1.165) is 60.8 Å². The molecule has 0 saturated carbocycles. The molecular weight excluding hydrogens is 952 g/mol. The molecule has 0 spiro atoms. The molecular formula is C61H51IN2S2. The van der Waals surface area contributed by atoms with Gasteiger partial charge in [0, 0.05) is 56.0 Å². The fraction of sp³-hybridized carbons (Fsp3) is 0.180. The largest absolute Gasteiger partial charge is 0.258 e. The standard InChI is InChI=1S/C61H51IN2S2/c1-2-41-38-55(45-16-7-4-8-17-45)63-61(49-19-13-18-46(35-49)44-29-27-43(28-30-44)42-14-5-3-6-15-42)64-60(41)48(26-24-40-25-32-58-53(34-40)51-20-9-11-22-56(51)65-58)36-50(39-62)47-31-33-59-54(37-47)52-21-10-12-23-57(52)66-59/h3-5,7,9-14,16,18-23,25-37,41,60H,2,6,8,15,17,24,38-39H2,1H3/b48-26+,50-36+. The highest BCUT2D eigenvalue weighted by Gasteiger charge is 2.30. The summed E-state index contributed by atoms with van der Waals surface area (Å²) in [5, 5.41) is 5.34. The molecule has 2 nitrogen and oxygen atoms in total. The van der Waals surface area contributed by atoms with E-state index in [2.05, 4.69) is 212 Å². The zero-order valence-electron chi connectivity index (χ0n) is 37.2. The van der Waals surface area contributed by atoms with Gasteiger partial charge in [-0.3, -0.25) is 4.99 Å². The Kier molecular flexibility index (Phi) is 12.5. The van der Waals surface area contributed by atoms with Crippen LogP contribution in [0.4, 0.5) is 0 Å². The Balaban J connectivity index is 1.04. The minimum atomic E-state index is -0.0962. The van der Waals surface area contributed by atoms with E-state index in [1.807, 2.05) is 22.7 Å². The summed E-state index contributed by atoms with van der Waals surface area (Å²) in [5.74, 6) is 1.09. The van der Waals surface area contributed by atoms with Crippen LogP contribution in [0.15, 0.2) is 203 Å². The number of nitrogens with zero attached hydrogens (tertiary/aromatic N) is 2. The zero-order chi connectivity index (χ0) is 44.4. The summed E-state index contributed by atoms with van der Waals surface area (Å²) in [6, 6.07) is 49.7. The lowest BCUT2D eigenvalue weighted by molar-refractivity contribution is 0.469. The first-order valence-electron chi connectivity index (χ1n) is 23.5. The van der Waals surface area contributed by atoms with E-state index >= 15 is 0 Å². The molecule has 8 aromatic rings. The molecule has 5 heteroatoms. The van der Waals surface area contributed by atoms with Crippen LogP contribution in [0.25, 0.3) is 62.6 Å². The van der Waals surface area contributed by atoms with E-state index < -0.39 is 0 Å². The van der Waals surface area contributed by atoms with Crippen molar-refractivity contribution in [1.29, 1.82) is 0 Å². The number of alkyl halides is 1. The van der Waals surface area contributed by atoms with Crippen molar-refractivity contribution in [2.75, 3.05) is 4.43 Å². The van der Waals surface area contributed by atoms with Gasteiger partial charge in [0.1, 0.15) is 0 Å². The van der Waals surface area contributed by atoms with Gasteiger partial charge in [0.15, 0.2) is 5.84 Å². The third-order valence-electron chi connectivity index (χ3n) is 13.6. The van der Waals surface area contributed by atoms with E-state index in [1.165, 1.54) is 96.2 Å². The minimum absolute atomic E-state index is 0.0962. The summed E-state index contributed by atoms with van der Waals surface area (Å²) in [4.78, 5) is 11.5. The fourth-order valence-electron chi connectivity index (χ4n) is 9.98. The molecule has 0 radical (unpaired) electrons. The molecule has 11 rings (SSSR count). The minimum Gasteiger partial charge on any atom is -0.258 e. The molecule has 3 heterocycles. The van der Waals surface area contributed by atoms with E-state index in [9.17, 15) is 0 Å². The third kappa shape index (κ3) is 8.81. The Morgan fingerprint density at radius 3 is 1.98 bits per heavy atom. The van der Waals surface area contributed by atoms with Crippen LogP contribution in [0.5, 0.6) is 0 Å². The Hall–Kier alpha value is -5.73. The molecule has 324 valence electrons. The number of allylic oxidation sites excluding steroid dienone is 10. The smallest absolute Gasteiger partial charge is 0.155 e. The molecule has 2 atom stereocenters. The van der Waals surface area contributed by atoms with Gasteiger partial charge >= 0.3 is 0 Å². The van der Waals surface area contributed by atoms with Crippen LogP contribution >= 0.6 is 45.3 Å². The average Bonchev–Trinajstić information content (AvgIpc) is 3.88. The summed E-state index contributed by atoms with van der Waals surface area (Å²) >= 11 is 6.34. The maximum absolute atomic E-state index is 5.87. The molecule has 2 unspecified atom stereocenters. The average molecular weight is 1000 g/mol. The lowest BCUT2D eigenvalue weighted by Crippen LogP contribution is -2.23. The predicted octanol–water partition coefficient (Wildman–Crippen LogP) is 17.8. The molecule has 0 fully saturated rings. The summed E-state index contributed by atoms with van der Waals surface area (Å²) in [6.07, 6.45) is 25.4. The first kappa shape index (κ1) is 42.9. The van der Waals surface area contributed by atoms with Gasteiger partial charge in [-0.05, 0) is 137 Å². The summed E-state index contributed by atoms with van der Waals surface area (Å²) in [6.45, 7) is 2.35. The molecule has 2 aromatic heterocycles. The van der Waals surface area contributed by atoms with Crippen LogP contribution in [-0.4, -0.2) is 22.0 Å². The van der Waals surface area contributed by atoms with Crippen molar-refractivity contribution in [1.82, 2.24) is 0 Å². The Morgan fingerprint density at radius 1 is 0.636 bits per heavy atom. The molecule has 6 aromatic carbocycles. The molecule has 1 aliphatic heterocycles. The first-order valence-corrected chi connectivity index (χ1v) is 26.6. The van der Waals surface area contributed by atoms with E-state index in [0.29, 0.717) is 0 Å². The molecule has 66 heavy (non-hydrogen) atoms. The zero-order valence-corrected chi connectivity index (χ0v) is 41.0. The van der Waals surface area contributed by atoms with Crippen molar-refractivity contribution in [3.63, 3.8) is 0 Å². The Labute approximate surface area is 410 Å². The van der Waals surface area contributed by atoms with Gasteiger partial charge in [-0.15, -0.1) is 22.7 Å². The van der Waals surface area contributed by atoms with Crippen LogP contribution in [0.2, 0.25) is 0 Å². The quantitative estimate of drug-likeness (QED) is 0.0701. The van der Waals surface area contributed by atoms with Crippen LogP contribution in [0, 0.1) is 5.92 Å². The Morgan fingerprint density at radius 2 is 1.29 bits per heavy atom. The Bertz CT molecular complexity index is 3400. The molecule has 0 amide bonds. The molecule has 0 N–H and O–H groups in total. The van der Waals surface area contributed by atoms with Crippen LogP contribution in [0.3, 0.4) is 0 Å². The van der Waals surface area contributed by atoms with E-state index in [-0.39, 0.29) is 12.0 Å². The topological polar surface area (TPSA) is 24.7 Å². The molecule has 2 aliphatic carbocycles. The lowest BCUT2D eigenvalue weighted by atomic mass is 9.83. The summed E-state index contributed by atoms with van der Waals surface area (Å²) in [5.41, 5.74) is 13.8. The van der Waals surface area contributed by atoms with Crippen molar-refractivity contribution in [2.24, 2.45) is 15.9 Å². The van der Waals surface area contributed by atoms with Gasteiger partial charge < -0.3 is 0 Å². The number of rotatable bonds is 11. The van der Waals surface area contributed by atoms with Gasteiger partial charge in [0.2, 0.25) is 0 Å². The number of amidine groups is 1. The number of hydrogen-bond acceptors (Lipinski definition) is 4. The second-order valence-corrected chi connectivity index (χ2v) is 20.7. The molecule has 3 aliphatic rings. The van der Waals surface area contributed by atoms with Gasteiger partial charge in [0.25, 0.3) is 0 Å². The number of benzene rings is 6. The number of thiophene rings is 2. The van der Waals surface area contributed by atoms with Gasteiger partial charge in [-0.1, -0.05) is 176 Å². The second kappa shape index (κ2) is 19.2. The normalized spacial score (nSPS) is 18.2. The van der Waals surface area contributed by atoms with Crippen LogP contribution < -0.4 is 0 Å². The number of halogens is 1. The van der Waals surface area contributed by atoms with Crippen molar-refractivity contribution in [3.05, 3.63) is 215 Å². The van der Waals surface area contributed by atoms with Gasteiger partial charge in [0.05, 0.1) is 6.04 Å². The van der Waals surface area contributed by atoms with Crippen LogP contribution in [0.1, 0.15) is 67.7 Å². The maximum Gasteiger partial charge on any atom is 0.155 e. The molecule has 0 saturated heterocycles. The van der Waals surface area contributed by atoms with Crippen molar-refractivity contribution in [2.45, 2.75) is 57.9 Å². The first-order chi connectivity index (χ1) is 32.6. The van der Waals surface area contributed by atoms with Gasteiger partial charge in [-0.2, -0.15) is 0 Å². The SMILES string of the molecule is CCC1CC(C2=CC=CCC2)=NC(c2cccc(-c3ccc(C4=CC=CCC4)cc3)c2)=NC1C(/C=C(\CI)c1ccc2sc3ccccc3c2c1)=C/Cc1ccc2sc3ccccc3c2c1. The number of fused-ring (bicyclic) bond motifs is 6. The summed E-state index contributed by atoms with van der Waals surface area (Å²) in [7, 11) is 0. The number of hydrogen-bond donors (Lipinski definition) is 0. The highest BCUT2D eigenvalue weighted by atomic mass is 127. The highest BCUT2D eigenvalue weighted by Crippen LogP contribution is 2.39. The lowest BCUT2D eigenvalue weighted by Gasteiger charge is -2.25. The van der Waals surface area contributed by atoms with E-state index in [4.69, 9.17) is 9.98 Å². The molecule has 0 bridgehead atoms. The van der Waals surface area contributed by atoms with Crippen molar-refractivity contribution >= 4 is 108 Å². The van der Waals surface area contributed by atoms with Crippen molar-refractivity contribution < 1.29 is 0 Å². The highest BCUT2D eigenvalue weighted by molar-refractivity contribution is 14.1. The monoisotopic (exact) mass is 1000 g/mol. The van der Waals surface area contributed by atoms with Crippen LogP contribution in [-0.2, 0) is 6.42 Å². The predicted molar refractivity (Wildman–Crippen MR) is 298 cm³/mol. The van der Waals surface area contributed by atoms with Crippen molar-refractivity contribution in [3.8, 4) is 11.1 Å². The van der Waals surface area contributed by atoms with Gasteiger partial charge in [-0.25, -0.2) is 4.99 Å². The second-order valence-electron chi connectivity index (χ2n) is 17.8. The number of aliphatic imine (C=N–C) groups is 2. The van der Waals surface area contributed by atoms with E-state index in [1.54, 1.807) is 0 Å². The maximum atomic E-state index is 5.87. The fourth-order valence-corrected chi connectivity index (χ4v) is 12.8. The summed E-state index contributed by atoms with van der Waals surface area (Å²) < 4.78 is 6.23.